The van der Waals surface area contributed by atoms with Gasteiger partial charge in [0.2, 0.25) is 0 Å². The number of phosphoric acid groups is 2. The Bertz CT molecular complexity index is 1840. The van der Waals surface area contributed by atoms with Gasteiger partial charge in [0.1, 0.15) is 19.3 Å². The van der Waals surface area contributed by atoms with Crippen LogP contribution >= 0.6 is 15.6 Å². The highest BCUT2D eigenvalue weighted by Gasteiger charge is 2.30. The van der Waals surface area contributed by atoms with Crippen LogP contribution in [0.1, 0.15) is 370 Å². The fourth-order valence-electron chi connectivity index (χ4n) is 11.2. The van der Waals surface area contributed by atoms with Crippen LogP contribution < -0.4 is 0 Å². The van der Waals surface area contributed by atoms with E-state index in [4.69, 9.17) is 37.0 Å². The first-order valence-corrected chi connectivity index (χ1v) is 41.2. The summed E-state index contributed by atoms with van der Waals surface area (Å²) in [7, 11) is -9.91. The average molecular weight is 1370 g/mol. The van der Waals surface area contributed by atoms with Gasteiger partial charge < -0.3 is 33.8 Å². The summed E-state index contributed by atoms with van der Waals surface area (Å²) < 4.78 is 68.4. The number of ether oxygens (including phenoxy) is 4. The maximum Gasteiger partial charge on any atom is 0.472 e. The van der Waals surface area contributed by atoms with Gasteiger partial charge in [-0.25, -0.2) is 9.13 Å². The van der Waals surface area contributed by atoms with E-state index >= 15 is 0 Å². The number of unbranched alkanes of at least 4 members (excludes halogenated alkanes) is 36. The van der Waals surface area contributed by atoms with Crippen molar-refractivity contribution in [2.45, 2.75) is 388 Å². The number of carbonyl (C=O) groups is 4. The molecule has 0 aliphatic rings. The fourth-order valence-corrected chi connectivity index (χ4v) is 12.7. The van der Waals surface area contributed by atoms with Gasteiger partial charge in [-0.1, -0.05) is 319 Å². The van der Waals surface area contributed by atoms with Crippen molar-refractivity contribution in [3.8, 4) is 0 Å². The molecule has 3 unspecified atom stereocenters. The summed E-state index contributed by atoms with van der Waals surface area (Å²) in [6.45, 7) is 14.1. The lowest BCUT2D eigenvalue weighted by molar-refractivity contribution is -0.161. The summed E-state index contributed by atoms with van der Waals surface area (Å²) in [5.41, 5.74) is 0. The zero-order valence-electron chi connectivity index (χ0n) is 60.9. The van der Waals surface area contributed by atoms with E-state index in [1.165, 1.54) is 167 Å². The number of rotatable bonds is 71. The maximum atomic E-state index is 13.1. The molecule has 0 aliphatic heterocycles. The number of aliphatic hydroxyl groups is 1. The Kier molecular flexibility index (Phi) is 62.2. The van der Waals surface area contributed by atoms with E-state index in [-0.39, 0.29) is 25.7 Å². The molecule has 552 valence electrons. The molecule has 0 bridgehead atoms. The van der Waals surface area contributed by atoms with Crippen molar-refractivity contribution in [1.29, 1.82) is 0 Å². The molecule has 0 aromatic heterocycles. The number of aliphatic hydroxyl groups excluding tert-OH is 1. The second kappa shape index (κ2) is 63.5. The maximum absolute atomic E-state index is 13.1. The first-order valence-electron chi connectivity index (χ1n) is 38.2. The highest BCUT2D eigenvalue weighted by atomic mass is 31.2. The van der Waals surface area contributed by atoms with Gasteiger partial charge >= 0.3 is 39.5 Å². The predicted molar refractivity (Wildman–Crippen MR) is 377 cm³/mol. The van der Waals surface area contributed by atoms with E-state index in [0.29, 0.717) is 25.7 Å². The summed E-state index contributed by atoms with van der Waals surface area (Å²) in [5, 5.41) is 10.6. The van der Waals surface area contributed by atoms with Crippen molar-refractivity contribution in [1.82, 2.24) is 0 Å². The standard InChI is InChI=1S/C74H144O17P2/c1-9-67(8)53-45-37-32-33-39-47-55-72(77)85-61-70(91-74(79)57-49-41-31-24-18-17-21-27-35-43-51-65(4)5)63-89-93(82,83)87-59-68(75)58-86-92(80,81)88-62-69(60-84-71(76)54-46-38-29-25-19-22-28-36-44-52-66(6)7)90-73(78)56-48-40-30-23-16-14-12-10-11-13-15-20-26-34-42-50-64(2)3/h64-70,75H,9-63H2,1-8H3,(H,80,81)(H,82,83)/t67?,68-,69-,70-/m1/s1. The van der Waals surface area contributed by atoms with Crippen molar-refractivity contribution in [3.05, 3.63) is 0 Å². The Hall–Kier alpha value is -1.94. The molecular weight excluding hydrogens is 1220 g/mol. The summed E-state index contributed by atoms with van der Waals surface area (Å²) in [4.78, 5) is 72.7. The van der Waals surface area contributed by atoms with E-state index in [9.17, 15) is 43.2 Å². The Morgan fingerprint density at radius 3 is 0.763 bits per heavy atom. The van der Waals surface area contributed by atoms with Crippen LogP contribution in [0.5, 0.6) is 0 Å². The lowest BCUT2D eigenvalue weighted by Crippen LogP contribution is -2.30. The van der Waals surface area contributed by atoms with Crippen LogP contribution in [0.2, 0.25) is 0 Å². The van der Waals surface area contributed by atoms with E-state index in [1.807, 2.05) is 0 Å². The molecule has 19 heteroatoms. The van der Waals surface area contributed by atoms with Gasteiger partial charge in [-0.3, -0.25) is 37.3 Å². The van der Waals surface area contributed by atoms with Crippen LogP contribution in [0.15, 0.2) is 0 Å². The third-order valence-electron chi connectivity index (χ3n) is 17.4. The monoisotopic (exact) mass is 1370 g/mol. The third kappa shape index (κ3) is 67.0. The van der Waals surface area contributed by atoms with Crippen LogP contribution in [-0.4, -0.2) is 96.7 Å². The van der Waals surface area contributed by atoms with Gasteiger partial charge in [-0.05, 0) is 49.4 Å². The number of phosphoric ester groups is 2. The lowest BCUT2D eigenvalue weighted by atomic mass is 10.00. The van der Waals surface area contributed by atoms with Crippen LogP contribution in [0.3, 0.4) is 0 Å². The number of carbonyl (C=O) groups excluding carboxylic acids is 4. The number of hydrogen-bond donors (Lipinski definition) is 3. The average Bonchev–Trinajstić information content (AvgIpc) is 3.41. The molecular formula is C74H144O17P2. The van der Waals surface area contributed by atoms with Gasteiger partial charge in [0.25, 0.3) is 0 Å². The SMILES string of the molecule is CCC(C)CCCCCCCCC(=O)OC[C@H](COP(=O)(O)OC[C@H](O)COP(=O)(O)OC[C@@H](COC(=O)CCCCCCCCCCCC(C)C)OC(=O)CCCCCCCCCCCCCCCCCC(C)C)OC(=O)CCCCCCCCCCCCC(C)C. The summed E-state index contributed by atoms with van der Waals surface area (Å²) in [6.07, 6.45) is 47.2. The molecule has 6 atom stereocenters. The van der Waals surface area contributed by atoms with E-state index in [1.54, 1.807) is 0 Å². The van der Waals surface area contributed by atoms with Crippen LogP contribution in [0, 0.1) is 23.7 Å². The first-order chi connectivity index (χ1) is 44.6. The second-order valence-corrected chi connectivity index (χ2v) is 31.3. The molecule has 93 heavy (non-hydrogen) atoms. The zero-order chi connectivity index (χ0) is 68.9. The highest BCUT2D eigenvalue weighted by Crippen LogP contribution is 2.45. The smallest absolute Gasteiger partial charge is 0.462 e. The highest BCUT2D eigenvalue weighted by molar-refractivity contribution is 7.47. The van der Waals surface area contributed by atoms with Crippen LogP contribution in [0.4, 0.5) is 0 Å². The first kappa shape index (κ1) is 91.1. The summed E-state index contributed by atoms with van der Waals surface area (Å²) in [6, 6.07) is 0. The number of hydrogen-bond acceptors (Lipinski definition) is 15. The Labute approximate surface area is 568 Å². The molecule has 0 saturated carbocycles. The van der Waals surface area contributed by atoms with E-state index < -0.39 is 97.5 Å². The van der Waals surface area contributed by atoms with E-state index in [0.717, 1.165) is 120 Å². The Balaban J connectivity index is 5.24. The molecule has 3 N–H and O–H groups in total. The molecule has 0 aromatic carbocycles. The van der Waals surface area contributed by atoms with Gasteiger partial charge in [0.15, 0.2) is 12.2 Å². The lowest BCUT2D eigenvalue weighted by Gasteiger charge is -2.21. The molecule has 0 amide bonds. The van der Waals surface area contributed by atoms with Crippen molar-refractivity contribution in [2.24, 2.45) is 23.7 Å². The van der Waals surface area contributed by atoms with Gasteiger partial charge in [0.05, 0.1) is 26.4 Å². The molecule has 0 aromatic rings. The fraction of sp³-hybridized carbons (Fsp3) is 0.946. The van der Waals surface area contributed by atoms with Crippen LogP contribution in [0.25, 0.3) is 0 Å². The predicted octanol–water partition coefficient (Wildman–Crippen LogP) is 21.3. The van der Waals surface area contributed by atoms with Gasteiger partial charge in [0, 0.05) is 25.7 Å². The Morgan fingerprint density at radius 1 is 0.301 bits per heavy atom. The summed E-state index contributed by atoms with van der Waals surface area (Å²) in [5.74, 6) is 0.905. The minimum atomic E-state index is -4.96. The minimum Gasteiger partial charge on any atom is -0.462 e. The molecule has 0 radical (unpaired) electrons. The molecule has 0 saturated heterocycles. The molecule has 0 fully saturated rings. The Morgan fingerprint density at radius 2 is 0.516 bits per heavy atom. The minimum absolute atomic E-state index is 0.105. The van der Waals surface area contributed by atoms with Crippen molar-refractivity contribution in [3.63, 3.8) is 0 Å². The van der Waals surface area contributed by atoms with Crippen molar-refractivity contribution >= 4 is 39.5 Å². The number of esters is 4. The van der Waals surface area contributed by atoms with Gasteiger partial charge in [-0.15, -0.1) is 0 Å². The third-order valence-corrected chi connectivity index (χ3v) is 19.3. The molecule has 0 spiro atoms. The largest absolute Gasteiger partial charge is 0.472 e. The normalized spacial score (nSPS) is 14.5. The summed E-state index contributed by atoms with van der Waals surface area (Å²) >= 11 is 0. The molecule has 0 rings (SSSR count). The molecule has 0 aliphatic carbocycles. The zero-order valence-corrected chi connectivity index (χ0v) is 62.7. The molecule has 0 heterocycles. The van der Waals surface area contributed by atoms with Crippen LogP contribution in [-0.2, 0) is 65.4 Å². The van der Waals surface area contributed by atoms with Gasteiger partial charge in [-0.2, -0.15) is 0 Å². The van der Waals surface area contributed by atoms with Crippen molar-refractivity contribution < 1.29 is 80.2 Å². The molecule has 17 nitrogen and oxygen atoms in total. The second-order valence-electron chi connectivity index (χ2n) is 28.4. The van der Waals surface area contributed by atoms with E-state index in [2.05, 4.69) is 55.4 Å². The topological polar surface area (TPSA) is 237 Å². The van der Waals surface area contributed by atoms with Crippen molar-refractivity contribution in [2.75, 3.05) is 39.6 Å². The quantitative estimate of drug-likeness (QED) is 0.0222.